The number of amides is 2. The lowest BCUT2D eigenvalue weighted by Crippen LogP contribution is -3.18. The number of likely N-dealkylation sites (tertiary alicyclic amines) is 1. The molecule has 7 heteroatoms. The molecule has 1 fully saturated rings. The highest BCUT2D eigenvalue weighted by molar-refractivity contribution is 5.81. The van der Waals surface area contributed by atoms with Gasteiger partial charge in [-0.3, -0.25) is 9.59 Å². The molecule has 0 aromatic heterocycles. The van der Waals surface area contributed by atoms with Gasteiger partial charge in [0.2, 0.25) is 0 Å². The Bertz CT molecular complexity index is 1010. The SMILES string of the molecule is NC(=O)[C@@H]1Cc2ccccc2C[NH+]1CC(=O)N1CCC[C@@H]1c1ccc2c(c1)OCCO2. The molecule has 5 rings (SSSR count). The lowest BCUT2D eigenvalue weighted by molar-refractivity contribution is -0.924. The molecule has 3 atom stereocenters. The largest absolute Gasteiger partial charge is 0.486 e. The second-order valence-corrected chi connectivity index (χ2v) is 8.59. The number of benzene rings is 2. The second-order valence-electron chi connectivity index (χ2n) is 8.59. The van der Waals surface area contributed by atoms with Crippen molar-refractivity contribution in [3.63, 3.8) is 0 Å². The molecule has 3 N–H and O–H groups in total. The number of hydrogen-bond acceptors (Lipinski definition) is 4. The zero-order chi connectivity index (χ0) is 21.4. The van der Waals surface area contributed by atoms with Crippen LogP contribution < -0.4 is 20.1 Å². The lowest BCUT2D eigenvalue weighted by Gasteiger charge is -2.33. The van der Waals surface area contributed by atoms with Gasteiger partial charge in [-0.15, -0.1) is 0 Å². The first-order valence-corrected chi connectivity index (χ1v) is 11.0. The summed E-state index contributed by atoms with van der Waals surface area (Å²) in [5, 5.41) is 0. The van der Waals surface area contributed by atoms with Gasteiger partial charge in [0.1, 0.15) is 19.8 Å². The Balaban J connectivity index is 1.34. The summed E-state index contributed by atoms with van der Waals surface area (Å²) < 4.78 is 11.4. The number of rotatable bonds is 4. The maximum absolute atomic E-state index is 13.4. The Kier molecular flexibility index (Phi) is 5.28. The number of ether oxygens (including phenoxy) is 2. The van der Waals surface area contributed by atoms with Crippen molar-refractivity contribution in [1.29, 1.82) is 0 Å². The minimum atomic E-state index is -0.380. The van der Waals surface area contributed by atoms with Crippen molar-refractivity contribution >= 4 is 11.8 Å². The molecule has 3 heterocycles. The van der Waals surface area contributed by atoms with Crippen LogP contribution in [-0.2, 0) is 22.6 Å². The maximum Gasteiger partial charge on any atom is 0.278 e. The van der Waals surface area contributed by atoms with Crippen LogP contribution >= 0.6 is 0 Å². The first kappa shape index (κ1) is 19.9. The van der Waals surface area contributed by atoms with E-state index in [-0.39, 0.29) is 30.4 Å². The summed E-state index contributed by atoms with van der Waals surface area (Å²) in [4.78, 5) is 28.4. The smallest absolute Gasteiger partial charge is 0.278 e. The number of hydrogen-bond donors (Lipinski definition) is 2. The van der Waals surface area contributed by atoms with E-state index in [1.165, 1.54) is 5.56 Å². The predicted octanol–water partition coefficient (Wildman–Crippen LogP) is 0.616. The fourth-order valence-corrected chi connectivity index (χ4v) is 5.12. The summed E-state index contributed by atoms with van der Waals surface area (Å²) >= 11 is 0. The topological polar surface area (TPSA) is 86.3 Å². The van der Waals surface area contributed by atoms with Crippen molar-refractivity contribution in [3.05, 3.63) is 59.2 Å². The normalized spacial score (nSPS) is 24.5. The van der Waals surface area contributed by atoms with Crippen molar-refractivity contribution < 1.29 is 24.0 Å². The highest BCUT2D eigenvalue weighted by Gasteiger charge is 2.38. The third-order valence-electron chi connectivity index (χ3n) is 6.70. The number of nitrogens with two attached hydrogens (primary N) is 1. The molecule has 7 nitrogen and oxygen atoms in total. The Morgan fingerprint density at radius 1 is 1.06 bits per heavy atom. The molecule has 31 heavy (non-hydrogen) atoms. The molecule has 0 spiro atoms. The van der Waals surface area contributed by atoms with Crippen LogP contribution in [0.3, 0.4) is 0 Å². The lowest BCUT2D eigenvalue weighted by atomic mass is 9.93. The minimum Gasteiger partial charge on any atom is -0.486 e. The van der Waals surface area contributed by atoms with Crippen LogP contribution in [0.2, 0.25) is 0 Å². The fraction of sp³-hybridized carbons (Fsp3) is 0.417. The van der Waals surface area contributed by atoms with E-state index in [2.05, 4.69) is 6.07 Å². The van der Waals surface area contributed by atoms with E-state index in [0.717, 1.165) is 46.9 Å². The first-order chi connectivity index (χ1) is 15.1. The van der Waals surface area contributed by atoms with E-state index < -0.39 is 0 Å². The molecule has 0 saturated carbocycles. The molecule has 0 bridgehead atoms. The number of nitrogens with one attached hydrogen (secondary N) is 1. The first-order valence-electron chi connectivity index (χ1n) is 11.0. The highest BCUT2D eigenvalue weighted by Crippen LogP contribution is 2.38. The summed E-state index contributed by atoms with van der Waals surface area (Å²) in [7, 11) is 0. The van der Waals surface area contributed by atoms with Gasteiger partial charge in [0, 0.05) is 18.5 Å². The molecular formula is C24H28N3O4+. The Labute approximate surface area is 181 Å². The fourth-order valence-electron chi connectivity index (χ4n) is 5.12. The number of quaternary nitrogens is 1. The molecule has 0 aliphatic carbocycles. The van der Waals surface area contributed by atoms with Crippen molar-refractivity contribution in [1.82, 2.24) is 4.90 Å². The van der Waals surface area contributed by atoms with Crippen molar-refractivity contribution in [3.8, 4) is 11.5 Å². The van der Waals surface area contributed by atoms with E-state index in [1.807, 2.05) is 41.3 Å². The molecule has 1 saturated heterocycles. The van der Waals surface area contributed by atoms with Gasteiger partial charge in [-0.1, -0.05) is 30.3 Å². The predicted molar refractivity (Wildman–Crippen MR) is 114 cm³/mol. The van der Waals surface area contributed by atoms with Crippen LogP contribution in [0.25, 0.3) is 0 Å². The quantitative estimate of drug-likeness (QED) is 0.756. The van der Waals surface area contributed by atoms with Gasteiger partial charge in [0.25, 0.3) is 11.8 Å². The molecule has 162 valence electrons. The second kappa shape index (κ2) is 8.23. The molecule has 3 aliphatic heterocycles. The van der Waals surface area contributed by atoms with Crippen molar-refractivity contribution in [2.45, 2.75) is 37.9 Å². The third-order valence-corrected chi connectivity index (χ3v) is 6.70. The van der Waals surface area contributed by atoms with Gasteiger partial charge in [0.05, 0.1) is 6.04 Å². The van der Waals surface area contributed by atoms with Gasteiger partial charge < -0.3 is 25.0 Å². The zero-order valence-corrected chi connectivity index (χ0v) is 17.5. The third kappa shape index (κ3) is 3.85. The van der Waals surface area contributed by atoms with Crippen LogP contribution in [0, 0.1) is 0 Å². The summed E-state index contributed by atoms with van der Waals surface area (Å²) in [5.74, 6) is 1.22. The summed E-state index contributed by atoms with van der Waals surface area (Å²) in [5.41, 5.74) is 9.12. The molecule has 0 radical (unpaired) electrons. The van der Waals surface area contributed by atoms with Crippen LogP contribution in [0.4, 0.5) is 0 Å². The monoisotopic (exact) mass is 422 g/mol. The van der Waals surface area contributed by atoms with E-state index in [4.69, 9.17) is 15.2 Å². The van der Waals surface area contributed by atoms with E-state index in [9.17, 15) is 9.59 Å². The number of carbonyl (C=O) groups excluding carboxylic acids is 2. The van der Waals surface area contributed by atoms with Crippen LogP contribution in [-0.4, -0.2) is 49.1 Å². The van der Waals surface area contributed by atoms with E-state index >= 15 is 0 Å². The van der Waals surface area contributed by atoms with Gasteiger partial charge in [0.15, 0.2) is 24.1 Å². The average molecular weight is 423 g/mol. The number of primary amides is 1. The molecule has 2 amide bonds. The molecule has 2 aromatic rings. The zero-order valence-electron chi connectivity index (χ0n) is 17.5. The highest BCUT2D eigenvalue weighted by atomic mass is 16.6. The minimum absolute atomic E-state index is 0.0202. The van der Waals surface area contributed by atoms with Gasteiger partial charge >= 0.3 is 0 Å². The van der Waals surface area contributed by atoms with Crippen molar-refractivity contribution in [2.75, 3.05) is 26.3 Å². The summed E-state index contributed by atoms with van der Waals surface area (Å²) in [6.07, 6.45) is 2.46. The summed E-state index contributed by atoms with van der Waals surface area (Å²) in [6.45, 7) is 2.73. The number of fused-ring (bicyclic) bond motifs is 2. The maximum atomic E-state index is 13.4. The van der Waals surface area contributed by atoms with E-state index in [0.29, 0.717) is 26.2 Å². The molecule has 3 aliphatic rings. The molecule has 1 unspecified atom stereocenters. The molecular weight excluding hydrogens is 394 g/mol. The van der Waals surface area contributed by atoms with Gasteiger partial charge in [-0.2, -0.15) is 0 Å². The average Bonchev–Trinajstić information content (AvgIpc) is 3.28. The Hall–Kier alpha value is -3.06. The Morgan fingerprint density at radius 3 is 2.65 bits per heavy atom. The molecule has 2 aromatic carbocycles. The van der Waals surface area contributed by atoms with Gasteiger partial charge in [-0.05, 0) is 36.1 Å². The number of carbonyl (C=O) groups is 2. The van der Waals surface area contributed by atoms with Crippen LogP contribution in [0.1, 0.15) is 35.6 Å². The van der Waals surface area contributed by atoms with Crippen molar-refractivity contribution in [2.24, 2.45) is 5.73 Å². The Morgan fingerprint density at radius 2 is 1.84 bits per heavy atom. The van der Waals surface area contributed by atoms with Gasteiger partial charge in [-0.25, -0.2) is 0 Å². The van der Waals surface area contributed by atoms with E-state index in [1.54, 1.807) is 0 Å². The standard InChI is InChI=1S/C24H27N3O4/c25-24(29)20-12-16-4-1-2-5-18(16)14-26(20)15-23(28)27-9-3-6-19(27)17-7-8-21-22(13-17)31-11-10-30-21/h1-2,4-5,7-8,13,19-20H,3,6,9-12,14-15H2,(H2,25,29)/p+1/t19-,20+/m1/s1. The summed E-state index contributed by atoms with van der Waals surface area (Å²) in [6, 6.07) is 13.7. The number of nitrogens with zero attached hydrogens (tertiary/aromatic N) is 1. The van der Waals surface area contributed by atoms with Crippen LogP contribution in [0.15, 0.2) is 42.5 Å². The van der Waals surface area contributed by atoms with Crippen LogP contribution in [0.5, 0.6) is 11.5 Å².